The maximum Gasteiger partial charge on any atom is 0.185 e. The first-order chi connectivity index (χ1) is 40.8. The van der Waals surface area contributed by atoms with E-state index >= 15 is 0 Å². The van der Waals surface area contributed by atoms with Gasteiger partial charge < -0.3 is 47.8 Å². The summed E-state index contributed by atoms with van der Waals surface area (Å²) in [6, 6.07) is 48.7. The van der Waals surface area contributed by atoms with Gasteiger partial charge in [-0.2, -0.15) is 0 Å². The number of rotatable bonds is 18. The molecule has 0 atom stereocenters. The van der Waals surface area contributed by atoms with Gasteiger partial charge in [-0.3, -0.25) is 9.59 Å². The van der Waals surface area contributed by atoms with Crippen LogP contribution in [0.1, 0.15) is 35.0 Å². The van der Waals surface area contributed by atoms with Gasteiger partial charge in [-0.25, -0.2) is 4.98 Å². The number of allylic oxidation sites excluding steroid dienone is 8. The third-order valence-corrected chi connectivity index (χ3v) is 14.1. The second-order valence-corrected chi connectivity index (χ2v) is 20.2. The Hall–Kier alpha value is -9.06. The first kappa shape index (κ1) is 62.5. The van der Waals surface area contributed by atoms with Crippen LogP contribution in [0.15, 0.2) is 218 Å². The van der Waals surface area contributed by atoms with Gasteiger partial charge in [-0.1, -0.05) is 134 Å². The van der Waals surface area contributed by atoms with E-state index in [1.165, 1.54) is 29.7 Å². The molecule has 6 aromatic carbocycles. The number of aliphatic hydroxyl groups excluding tert-OH is 3. The minimum absolute atomic E-state index is 0.0594. The third-order valence-electron chi connectivity index (χ3n) is 13.6. The number of halogens is 1. The van der Waals surface area contributed by atoms with Crippen LogP contribution in [0.3, 0.4) is 0 Å². The quantitative estimate of drug-likeness (QED) is 0.0240. The van der Waals surface area contributed by atoms with Gasteiger partial charge in [0.25, 0.3) is 0 Å². The fourth-order valence-electron chi connectivity index (χ4n) is 8.96. The van der Waals surface area contributed by atoms with Crippen molar-refractivity contribution in [2.75, 3.05) is 82.4 Å². The Kier molecular flexibility index (Phi) is 23.8. The number of benzene rings is 6. The summed E-state index contributed by atoms with van der Waals surface area (Å²) in [5, 5.41) is 34.3. The molecule has 84 heavy (non-hydrogen) atoms. The zero-order valence-corrected chi connectivity index (χ0v) is 50.1. The second-order valence-electron chi connectivity index (χ2n) is 19.6. The number of nitrogens with zero attached hydrogens (tertiary/aromatic N) is 4. The molecule has 1 saturated heterocycles. The van der Waals surface area contributed by atoms with Gasteiger partial charge in [0, 0.05) is 110 Å². The van der Waals surface area contributed by atoms with E-state index in [0.717, 1.165) is 123 Å². The molecule has 0 bridgehead atoms. The van der Waals surface area contributed by atoms with Crippen LogP contribution in [-0.4, -0.2) is 110 Å². The van der Waals surface area contributed by atoms with Crippen molar-refractivity contribution in [3.63, 3.8) is 0 Å². The zero-order chi connectivity index (χ0) is 59.8. The van der Waals surface area contributed by atoms with Crippen LogP contribution in [0.4, 0.5) is 17.2 Å². The second kappa shape index (κ2) is 32.0. The van der Waals surface area contributed by atoms with E-state index in [9.17, 15) is 19.8 Å². The van der Waals surface area contributed by atoms with E-state index in [1.54, 1.807) is 43.4 Å². The van der Waals surface area contributed by atoms with Crippen molar-refractivity contribution < 1.29 is 32.7 Å². The smallest absolute Gasteiger partial charge is 0.185 e. The molecule has 10 rings (SSSR count). The molecule has 0 unspecified atom stereocenters. The predicted molar refractivity (Wildman–Crippen MR) is 359 cm³/mol. The molecule has 9 aromatic rings. The summed E-state index contributed by atoms with van der Waals surface area (Å²) >= 11 is 1.89. The van der Waals surface area contributed by atoms with Crippen LogP contribution < -0.4 is 14.7 Å². The molecule has 0 amide bonds. The standard InChI is InChI=1S/C32H24N2O2.C24H27IN2O3.C13H16N2O.CH4O/c1-20(29(35)16-14-25-18-23-12-10-21-6-2-4-8-27(21)31(23)33-25)30(36)17-15-26-19-24-13-11-22-7-3-5-9-28(22)32(24)34-26;1-26(2)21-10-4-19(5-11-21)8-14-23(28)18-24(29)15-9-20-6-12-22(13-7-20)27(3)16-17-30-25;1-2-3-4-12-5-6-13(14-11-12)15-7-9-16-10-8-15;1-2/h2-19,33-35H,1H3;4-15,18,28H,16-17H2,1-3H3;2-6,11H,1,7-10H2;2H,1H3/b16-14+,17-15+,29-20-;14-8+,15-9+,23-18-;4-3+;. The number of H-pyrrole nitrogens is 2. The van der Waals surface area contributed by atoms with Gasteiger partial charge in [-0.15, -0.1) is 0 Å². The molecular weight excluding hydrogens is 1160 g/mol. The summed E-state index contributed by atoms with van der Waals surface area (Å²) in [5.41, 5.74) is 9.20. The highest BCUT2D eigenvalue weighted by molar-refractivity contribution is 14.1. The molecular formula is C70H71IN6O7. The minimum atomic E-state index is -0.277. The van der Waals surface area contributed by atoms with Crippen LogP contribution in [0.2, 0.25) is 0 Å². The highest BCUT2D eigenvalue weighted by atomic mass is 127. The molecule has 14 heteroatoms. The number of ketones is 2. The number of hydrogen-bond donors (Lipinski definition) is 5. The lowest BCUT2D eigenvalue weighted by Crippen LogP contribution is -2.36. The fraction of sp³-hybridized carbons (Fsp3) is 0.157. The number of aromatic amines is 2. The summed E-state index contributed by atoms with van der Waals surface area (Å²) in [7, 11) is 6.96. The van der Waals surface area contributed by atoms with Crippen LogP contribution >= 0.6 is 23.0 Å². The summed E-state index contributed by atoms with van der Waals surface area (Å²) in [6.07, 6.45) is 21.8. The molecule has 13 nitrogen and oxygen atoms in total. The maximum absolute atomic E-state index is 12.7. The number of carbonyl (C=O) groups is 2. The number of likely N-dealkylation sites (N-methyl/N-ethyl adjacent to an activating group) is 1. The first-order valence-electron chi connectivity index (χ1n) is 27.3. The molecule has 430 valence electrons. The molecule has 0 spiro atoms. The Morgan fingerprint density at radius 1 is 0.667 bits per heavy atom. The fourth-order valence-corrected chi connectivity index (χ4v) is 9.16. The van der Waals surface area contributed by atoms with Crippen molar-refractivity contribution in [3.8, 4) is 0 Å². The lowest BCUT2D eigenvalue weighted by atomic mass is 10.1. The van der Waals surface area contributed by atoms with Gasteiger partial charge >= 0.3 is 0 Å². The van der Waals surface area contributed by atoms with Crippen LogP contribution in [0, 0.1) is 0 Å². The van der Waals surface area contributed by atoms with Crippen molar-refractivity contribution in [3.05, 3.63) is 246 Å². The summed E-state index contributed by atoms with van der Waals surface area (Å²) in [5.74, 6) is 0.356. The number of aromatic nitrogens is 3. The molecule has 0 radical (unpaired) electrons. The Morgan fingerprint density at radius 3 is 1.75 bits per heavy atom. The first-order valence-corrected chi connectivity index (χ1v) is 28.2. The SMILES string of the molecule is C/C(C(=O)/C=C/c1cc2ccc3ccccc3c2[nH]1)=C(O)\C=C\c1cc2ccc3ccccc3c2[nH]1.C=C/C=C/c1ccc(N2CCOCC2)nc1.CN(C)c1ccc(/C=C/C(O)=C/C(=O)/C=C/c2ccc(N(C)CCOI)cc2)cc1.CO. The zero-order valence-electron chi connectivity index (χ0n) is 48.0. The molecule has 0 saturated carbocycles. The van der Waals surface area contributed by atoms with Crippen molar-refractivity contribution in [2.45, 2.75) is 6.92 Å². The number of fused-ring (bicyclic) bond motifs is 6. The van der Waals surface area contributed by atoms with Gasteiger partial charge in [0.15, 0.2) is 11.6 Å². The molecule has 1 aliphatic rings. The lowest BCUT2D eigenvalue weighted by Gasteiger charge is -2.27. The predicted octanol–water partition coefficient (Wildman–Crippen LogP) is 15.1. The van der Waals surface area contributed by atoms with Crippen molar-refractivity contribution in [1.82, 2.24) is 15.0 Å². The Morgan fingerprint density at radius 2 is 1.20 bits per heavy atom. The molecule has 4 heterocycles. The monoisotopic (exact) mass is 1230 g/mol. The van der Waals surface area contributed by atoms with Crippen molar-refractivity contribution in [1.29, 1.82) is 0 Å². The highest BCUT2D eigenvalue weighted by Crippen LogP contribution is 2.28. The average molecular weight is 1240 g/mol. The number of carbonyl (C=O) groups excluding carboxylic acids is 2. The van der Waals surface area contributed by atoms with E-state index in [-0.39, 0.29) is 28.7 Å². The number of morpholine rings is 1. The normalized spacial score (nSPS) is 13.1. The highest BCUT2D eigenvalue weighted by Gasteiger charge is 2.12. The molecule has 1 fully saturated rings. The summed E-state index contributed by atoms with van der Waals surface area (Å²) in [4.78, 5) is 42.4. The Balaban J connectivity index is 0.000000190. The Bertz CT molecular complexity index is 3860. The summed E-state index contributed by atoms with van der Waals surface area (Å²) < 4.78 is 10.4. The number of pyridine rings is 1. The van der Waals surface area contributed by atoms with E-state index in [1.807, 2.05) is 158 Å². The van der Waals surface area contributed by atoms with Crippen LogP contribution in [0.5, 0.6) is 0 Å². The van der Waals surface area contributed by atoms with E-state index in [0.29, 0.717) is 6.61 Å². The average Bonchev–Trinajstić information content (AvgIpc) is 4.40. The number of aliphatic hydroxyl groups is 3. The number of anilines is 3. The van der Waals surface area contributed by atoms with Gasteiger partial charge in [0.05, 0.1) is 30.9 Å². The van der Waals surface area contributed by atoms with E-state index in [2.05, 4.69) is 85.9 Å². The topological polar surface area (TPSA) is 167 Å². The van der Waals surface area contributed by atoms with Gasteiger partial charge in [0.1, 0.15) is 40.3 Å². The van der Waals surface area contributed by atoms with Gasteiger partial charge in [0.2, 0.25) is 0 Å². The van der Waals surface area contributed by atoms with E-state index < -0.39 is 0 Å². The number of ether oxygens (including phenoxy) is 1. The molecule has 3 aromatic heterocycles. The number of nitrogens with one attached hydrogen (secondary N) is 2. The maximum atomic E-state index is 12.7. The van der Waals surface area contributed by atoms with Crippen LogP contribution in [-0.2, 0) is 17.4 Å². The number of hydrogen-bond acceptors (Lipinski definition) is 11. The largest absolute Gasteiger partial charge is 0.508 e. The third kappa shape index (κ3) is 18.0. The van der Waals surface area contributed by atoms with Crippen molar-refractivity contribution >= 4 is 125 Å². The van der Waals surface area contributed by atoms with E-state index in [4.69, 9.17) is 12.9 Å². The molecule has 0 aliphatic carbocycles. The lowest BCUT2D eigenvalue weighted by molar-refractivity contribution is -0.111. The van der Waals surface area contributed by atoms with Crippen molar-refractivity contribution in [2.24, 2.45) is 0 Å². The molecule has 5 N–H and O–H groups in total. The van der Waals surface area contributed by atoms with Crippen LogP contribution in [0.25, 0.3) is 73.7 Å². The Labute approximate surface area is 505 Å². The summed E-state index contributed by atoms with van der Waals surface area (Å²) in [6.45, 7) is 10.2. The minimum Gasteiger partial charge on any atom is -0.508 e. The van der Waals surface area contributed by atoms with Gasteiger partial charge in [-0.05, 0) is 119 Å². The molecule has 1 aliphatic heterocycles.